The number of nitrogens with zero attached hydrogens (tertiary/aromatic N) is 2. The molecule has 0 fully saturated rings. The number of hydrogen-bond donors (Lipinski definition) is 1. The third kappa shape index (κ3) is 6.80. The van der Waals surface area contributed by atoms with E-state index in [4.69, 9.17) is 18.8 Å². The van der Waals surface area contributed by atoms with Gasteiger partial charge < -0.3 is 14.2 Å². The molecule has 2 rings (SSSR count). The molecule has 0 saturated carbocycles. The zero-order valence-corrected chi connectivity index (χ0v) is 26.2. The van der Waals surface area contributed by atoms with E-state index in [0.717, 1.165) is 37.4 Å². The lowest BCUT2D eigenvalue weighted by Crippen LogP contribution is -2.51. The Morgan fingerprint density at radius 2 is 0.939 bits per heavy atom. The molecule has 0 aromatic carbocycles. The van der Waals surface area contributed by atoms with Gasteiger partial charge in [-0.1, -0.05) is 41.5 Å². The minimum Gasteiger partial charge on any atom is -0.410 e. The molecule has 33 heavy (non-hydrogen) atoms. The first-order valence-corrected chi connectivity index (χ1v) is 18.7. The van der Waals surface area contributed by atoms with Gasteiger partial charge in [-0.3, -0.25) is 9.98 Å². The largest absolute Gasteiger partial charge is 0.410 e. The highest BCUT2D eigenvalue weighted by Gasteiger charge is 2.46. The predicted octanol–water partition coefficient (Wildman–Crippen LogP) is 7.30. The zero-order valence-electron chi connectivity index (χ0n) is 24.2. The van der Waals surface area contributed by atoms with Gasteiger partial charge >= 0.3 is 0 Å². The molecule has 0 radical (unpaired) electrons. The Bertz CT molecular complexity index is 707. The van der Waals surface area contributed by atoms with E-state index in [-0.39, 0.29) is 33.4 Å². The van der Waals surface area contributed by atoms with E-state index < -0.39 is 16.6 Å². The summed E-state index contributed by atoms with van der Waals surface area (Å²) in [6, 6.07) is 0.371. The van der Waals surface area contributed by atoms with Crippen LogP contribution < -0.4 is 5.32 Å². The summed E-state index contributed by atoms with van der Waals surface area (Å²) < 4.78 is 13.6. The van der Waals surface area contributed by atoms with Crippen molar-refractivity contribution >= 4 is 28.3 Å². The van der Waals surface area contributed by atoms with Crippen molar-refractivity contribution in [3.63, 3.8) is 0 Å². The zero-order chi connectivity index (χ0) is 25.7. The standard InChI is InChI=1S/C26H53N3O2Si2/c1-23(2,3)32(11,12)30-25(7,8)19-15-17-21(27-19)29-22-18-16-20(28-22)26(9,10)31-33(13,14)24(4,5)6/h19-20H,15-18H2,1-14H3,(H,27,28,29)/t19-,20-/m0/s1. The van der Waals surface area contributed by atoms with Gasteiger partial charge in [0.1, 0.15) is 11.7 Å². The maximum atomic E-state index is 6.79. The molecule has 2 aliphatic rings. The van der Waals surface area contributed by atoms with Gasteiger partial charge in [-0.05, 0) is 76.8 Å². The number of rotatable bonds is 6. The Labute approximate surface area is 206 Å². The maximum Gasteiger partial charge on any atom is 0.192 e. The highest BCUT2D eigenvalue weighted by Crippen LogP contribution is 2.42. The third-order valence-corrected chi connectivity index (χ3v) is 17.8. The van der Waals surface area contributed by atoms with Crippen LogP contribution in [0.4, 0.5) is 0 Å². The number of hydrogen-bond acceptors (Lipinski definition) is 5. The monoisotopic (exact) mass is 495 g/mol. The van der Waals surface area contributed by atoms with Gasteiger partial charge in [-0.25, -0.2) is 0 Å². The van der Waals surface area contributed by atoms with E-state index in [1.54, 1.807) is 0 Å². The van der Waals surface area contributed by atoms with Crippen LogP contribution in [-0.4, -0.2) is 51.6 Å². The summed E-state index contributed by atoms with van der Waals surface area (Å²) in [5.41, 5.74) is -0.517. The quantitative estimate of drug-likeness (QED) is 0.393. The molecule has 192 valence electrons. The van der Waals surface area contributed by atoms with Crippen LogP contribution in [-0.2, 0) is 8.85 Å². The second-order valence-corrected chi connectivity index (χ2v) is 23.8. The van der Waals surface area contributed by atoms with Crippen LogP contribution in [0, 0.1) is 0 Å². The Kier molecular flexibility index (Phi) is 7.99. The fraction of sp³-hybridized carbons (Fsp3) is 0.923. The number of aliphatic imine (C=N–C) groups is 2. The van der Waals surface area contributed by atoms with E-state index in [0.29, 0.717) is 0 Å². The van der Waals surface area contributed by atoms with Gasteiger partial charge in [0, 0.05) is 12.8 Å². The Balaban J connectivity index is 2.06. The SMILES string of the molecule is CC(C)(O[Si](C)(C)C(C)(C)C)[C@@H]1CCC(NC2=N[C@H](C(C)(C)O[Si](C)(C)C(C)(C)C)CC2)=N1. The molecule has 2 atom stereocenters. The summed E-state index contributed by atoms with van der Waals surface area (Å²) in [6.07, 6.45) is 3.98. The first-order valence-electron chi connectivity index (χ1n) is 12.9. The van der Waals surface area contributed by atoms with Crippen LogP contribution in [0.15, 0.2) is 9.98 Å². The highest BCUT2D eigenvalue weighted by atomic mass is 28.4. The molecule has 0 aromatic rings. The van der Waals surface area contributed by atoms with E-state index in [1.165, 1.54) is 0 Å². The molecule has 5 nitrogen and oxygen atoms in total. The Morgan fingerprint density at radius 3 is 1.21 bits per heavy atom. The summed E-state index contributed by atoms with van der Waals surface area (Å²) >= 11 is 0. The van der Waals surface area contributed by atoms with Crippen LogP contribution >= 0.6 is 0 Å². The number of amidine groups is 2. The van der Waals surface area contributed by atoms with Crippen molar-refractivity contribution in [1.29, 1.82) is 0 Å². The molecule has 0 unspecified atom stereocenters. The van der Waals surface area contributed by atoms with Crippen molar-refractivity contribution in [3.8, 4) is 0 Å². The van der Waals surface area contributed by atoms with Gasteiger partial charge in [0.25, 0.3) is 0 Å². The van der Waals surface area contributed by atoms with Crippen LogP contribution in [0.1, 0.15) is 94.9 Å². The van der Waals surface area contributed by atoms with E-state index in [2.05, 4.69) is 101 Å². The van der Waals surface area contributed by atoms with Gasteiger partial charge in [-0.15, -0.1) is 0 Å². The molecule has 0 bridgehead atoms. The Morgan fingerprint density at radius 1 is 0.636 bits per heavy atom. The smallest absolute Gasteiger partial charge is 0.192 e. The van der Waals surface area contributed by atoms with Gasteiger partial charge in [0.15, 0.2) is 16.6 Å². The molecular weight excluding hydrogens is 442 g/mol. The van der Waals surface area contributed by atoms with Crippen LogP contribution in [0.2, 0.25) is 36.3 Å². The van der Waals surface area contributed by atoms with Gasteiger partial charge in [-0.2, -0.15) is 0 Å². The normalized spacial score (nSPS) is 23.6. The molecule has 0 aliphatic carbocycles. The van der Waals surface area contributed by atoms with Crippen LogP contribution in [0.3, 0.4) is 0 Å². The fourth-order valence-electron chi connectivity index (χ4n) is 4.30. The van der Waals surface area contributed by atoms with Crippen molar-refractivity contribution in [2.45, 2.75) is 154 Å². The third-order valence-electron chi connectivity index (χ3n) is 8.47. The second-order valence-electron chi connectivity index (χ2n) is 14.3. The molecule has 1 N–H and O–H groups in total. The van der Waals surface area contributed by atoms with Crippen LogP contribution in [0.25, 0.3) is 0 Å². The minimum absolute atomic E-state index is 0.185. The average Bonchev–Trinajstić information content (AvgIpc) is 3.21. The molecular formula is C26H53N3O2Si2. The molecule has 2 aliphatic heterocycles. The summed E-state index contributed by atoms with van der Waals surface area (Å²) in [7, 11) is -3.71. The fourth-order valence-corrected chi connectivity index (χ4v) is 7.82. The summed E-state index contributed by atoms with van der Waals surface area (Å²) in [4.78, 5) is 10.1. The van der Waals surface area contributed by atoms with Crippen LogP contribution in [0.5, 0.6) is 0 Å². The number of nitrogens with one attached hydrogen (secondary N) is 1. The minimum atomic E-state index is -1.85. The molecule has 0 aromatic heterocycles. The first-order chi connectivity index (χ1) is 14.6. The van der Waals surface area contributed by atoms with Crippen molar-refractivity contribution in [1.82, 2.24) is 5.32 Å². The van der Waals surface area contributed by atoms with Gasteiger partial charge in [0.05, 0.1) is 23.3 Å². The average molecular weight is 496 g/mol. The van der Waals surface area contributed by atoms with E-state index >= 15 is 0 Å². The molecule has 7 heteroatoms. The molecule has 0 amide bonds. The molecule has 0 spiro atoms. The topological polar surface area (TPSA) is 55.2 Å². The lowest BCUT2D eigenvalue weighted by atomic mass is 9.97. The summed E-state index contributed by atoms with van der Waals surface area (Å²) in [5, 5.41) is 3.97. The Hall–Kier alpha value is -0.506. The van der Waals surface area contributed by atoms with Crippen molar-refractivity contribution in [2.24, 2.45) is 9.98 Å². The lowest BCUT2D eigenvalue weighted by Gasteiger charge is -2.44. The van der Waals surface area contributed by atoms with Crippen molar-refractivity contribution in [2.75, 3.05) is 0 Å². The highest BCUT2D eigenvalue weighted by molar-refractivity contribution is 6.74. The van der Waals surface area contributed by atoms with E-state index in [9.17, 15) is 0 Å². The first kappa shape index (κ1) is 28.7. The predicted molar refractivity (Wildman–Crippen MR) is 149 cm³/mol. The second kappa shape index (κ2) is 9.18. The maximum absolute atomic E-state index is 6.79. The molecule has 0 saturated heterocycles. The van der Waals surface area contributed by atoms with Crippen molar-refractivity contribution in [3.05, 3.63) is 0 Å². The van der Waals surface area contributed by atoms with E-state index in [1.807, 2.05) is 0 Å². The van der Waals surface area contributed by atoms with Crippen molar-refractivity contribution < 1.29 is 8.85 Å². The summed E-state index contributed by atoms with van der Waals surface area (Å²) in [5.74, 6) is 2.13. The molecule has 2 heterocycles. The summed E-state index contributed by atoms with van der Waals surface area (Å²) in [6.45, 7) is 32.0. The van der Waals surface area contributed by atoms with Gasteiger partial charge in [0.2, 0.25) is 0 Å². The lowest BCUT2D eigenvalue weighted by molar-refractivity contribution is 0.0648.